The summed E-state index contributed by atoms with van der Waals surface area (Å²) in [6, 6.07) is 8.23. The minimum absolute atomic E-state index is 0.0570. The van der Waals surface area contributed by atoms with Gasteiger partial charge in [0.25, 0.3) is 17.2 Å². The smallest absolute Gasteiger partial charge is 0.269 e. The molecule has 0 bridgehead atoms. The van der Waals surface area contributed by atoms with E-state index in [1.807, 2.05) is 0 Å². The molecule has 0 saturated heterocycles. The van der Waals surface area contributed by atoms with Gasteiger partial charge in [-0.1, -0.05) is 0 Å². The SMILES string of the molecule is O=C(NC[C@@H](O)c1ccc([N+](=O)[O-])cc1)c1ccc[nH]c1=O. The lowest BCUT2D eigenvalue weighted by Gasteiger charge is -2.11. The van der Waals surface area contributed by atoms with E-state index in [9.17, 15) is 24.8 Å². The summed E-state index contributed by atoms with van der Waals surface area (Å²) in [4.78, 5) is 35.6. The van der Waals surface area contributed by atoms with Crippen molar-refractivity contribution in [3.63, 3.8) is 0 Å². The van der Waals surface area contributed by atoms with Crippen LogP contribution in [0.1, 0.15) is 22.0 Å². The topological polar surface area (TPSA) is 125 Å². The average Bonchev–Trinajstić information content (AvgIpc) is 2.52. The number of carbonyl (C=O) groups is 1. The van der Waals surface area contributed by atoms with Crippen molar-refractivity contribution in [2.24, 2.45) is 0 Å². The molecular weight excluding hydrogens is 290 g/mol. The molecule has 0 aliphatic heterocycles. The maximum Gasteiger partial charge on any atom is 0.269 e. The van der Waals surface area contributed by atoms with Crippen LogP contribution >= 0.6 is 0 Å². The second kappa shape index (κ2) is 6.64. The van der Waals surface area contributed by atoms with Gasteiger partial charge in [-0.2, -0.15) is 0 Å². The maximum absolute atomic E-state index is 11.8. The Morgan fingerprint density at radius 1 is 1.32 bits per heavy atom. The third-order valence-electron chi connectivity index (χ3n) is 3.01. The van der Waals surface area contributed by atoms with Crippen LogP contribution in [0.25, 0.3) is 0 Å². The predicted molar refractivity (Wildman–Crippen MR) is 77.5 cm³/mol. The van der Waals surface area contributed by atoms with Crippen LogP contribution in [0.5, 0.6) is 0 Å². The lowest BCUT2D eigenvalue weighted by atomic mass is 10.1. The second-order valence-electron chi connectivity index (χ2n) is 4.49. The number of aromatic nitrogens is 1. The fourth-order valence-corrected chi connectivity index (χ4v) is 1.82. The first kappa shape index (κ1) is 15.4. The number of nitrogens with one attached hydrogen (secondary N) is 2. The van der Waals surface area contributed by atoms with Crippen LogP contribution in [0, 0.1) is 10.1 Å². The van der Waals surface area contributed by atoms with E-state index in [0.717, 1.165) is 0 Å². The van der Waals surface area contributed by atoms with Gasteiger partial charge < -0.3 is 15.4 Å². The lowest BCUT2D eigenvalue weighted by Crippen LogP contribution is -2.32. The minimum Gasteiger partial charge on any atom is -0.387 e. The number of aliphatic hydroxyl groups excluding tert-OH is 1. The molecule has 0 aliphatic rings. The van der Waals surface area contributed by atoms with Crippen molar-refractivity contribution in [3.05, 3.63) is 74.2 Å². The number of amides is 1. The van der Waals surface area contributed by atoms with E-state index in [1.54, 1.807) is 0 Å². The summed E-state index contributed by atoms with van der Waals surface area (Å²) in [7, 11) is 0. The first-order chi connectivity index (χ1) is 10.5. The van der Waals surface area contributed by atoms with Gasteiger partial charge in [-0.3, -0.25) is 19.7 Å². The third-order valence-corrected chi connectivity index (χ3v) is 3.01. The van der Waals surface area contributed by atoms with E-state index in [0.29, 0.717) is 5.56 Å². The highest BCUT2D eigenvalue weighted by molar-refractivity contribution is 5.93. The summed E-state index contributed by atoms with van der Waals surface area (Å²) in [6.45, 7) is -0.120. The fraction of sp³-hybridized carbons (Fsp3) is 0.143. The molecule has 2 rings (SSSR count). The summed E-state index contributed by atoms with van der Waals surface area (Å²) < 4.78 is 0. The molecule has 1 amide bonds. The van der Waals surface area contributed by atoms with Crippen molar-refractivity contribution < 1.29 is 14.8 Å². The molecule has 1 atom stereocenters. The number of non-ortho nitro benzene ring substituents is 1. The number of hydrogen-bond acceptors (Lipinski definition) is 5. The molecule has 22 heavy (non-hydrogen) atoms. The zero-order valence-electron chi connectivity index (χ0n) is 11.4. The van der Waals surface area contributed by atoms with Crippen LogP contribution in [0.4, 0.5) is 5.69 Å². The Hall–Kier alpha value is -3.00. The highest BCUT2D eigenvalue weighted by Gasteiger charge is 2.14. The number of benzene rings is 1. The Balaban J connectivity index is 1.99. The highest BCUT2D eigenvalue weighted by atomic mass is 16.6. The van der Waals surface area contributed by atoms with E-state index in [1.165, 1.54) is 42.6 Å². The standard InChI is InChI=1S/C14H13N3O5/c18-12(9-3-5-10(6-4-9)17(21)22)8-16-14(20)11-2-1-7-15-13(11)19/h1-7,12,18H,8H2,(H,15,19)(H,16,20)/t12-/m1/s1. The molecule has 0 radical (unpaired) electrons. The second-order valence-corrected chi connectivity index (χ2v) is 4.49. The van der Waals surface area contributed by atoms with Gasteiger partial charge in [0.05, 0.1) is 11.0 Å². The molecule has 8 nitrogen and oxygen atoms in total. The molecular formula is C14H13N3O5. The van der Waals surface area contributed by atoms with Crippen LogP contribution < -0.4 is 10.9 Å². The number of H-pyrrole nitrogens is 1. The van der Waals surface area contributed by atoms with E-state index < -0.39 is 22.5 Å². The van der Waals surface area contributed by atoms with Gasteiger partial charge in [-0.15, -0.1) is 0 Å². The number of nitrogens with zero attached hydrogens (tertiary/aromatic N) is 1. The molecule has 8 heteroatoms. The monoisotopic (exact) mass is 303 g/mol. The third kappa shape index (κ3) is 3.55. The summed E-state index contributed by atoms with van der Waals surface area (Å²) in [5, 5.41) is 22.9. The van der Waals surface area contributed by atoms with Crippen LogP contribution in [-0.4, -0.2) is 27.5 Å². The van der Waals surface area contributed by atoms with Crippen LogP contribution in [0.15, 0.2) is 47.4 Å². The number of pyridine rings is 1. The van der Waals surface area contributed by atoms with Crippen molar-refractivity contribution in [1.82, 2.24) is 10.3 Å². The molecule has 0 fully saturated rings. The molecule has 0 unspecified atom stereocenters. The van der Waals surface area contributed by atoms with Crippen molar-refractivity contribution >= 4 is 11.6 Å². The normalized spacial score (nSPS) is 11.7. The Morgan fingerprint density at radius 3 is 2.59 bits per heavy atom. The summed E-state index contributed by atoms with van der Waals surface area (Å²) in [5.41, 5.74) is -0.244. The first-order valence-corrected chi connectivity index (χ1v) is 6.37. The number of nitro benzene ring substituents is 1. The van der Waals surface area contributed by atoms with Crippen molar-refractivity contribution in [2.45, 2.75) is 6.10 Å². The Morgan fingerprint density at radius 2 is 2.00 bits per heavy atom. The van der Waals surface area contributed by atoms with Crippen LogP contribution in [-0.2, 0) is 0 Å². The highest BCUT2D eigenvalue weighted by Crippen LogP contribution is 2.17. The molecule has 1 aromatic heterocycles. The number of aromatic amines is 1. The Labute approximate surface area is 124 Å². The number of rotatable bonds is 5. The zero-order valence-corrected chi connectivity index (χ0v) is 11.4. The van der Waals surface area contributed by atoms with Gasteiger partial charge >= 0.3 is 0 Å². The maximum atomic E-state index is 11.8. The molecule has 1 heterocycles. The molecule has 0 aliphatic carbocycles. The van der Waals surface area contributed by atoms with E-state index >= 15 is 0 Å². The van der Waals surface area contributed by atoms with Crippen molar-refractivity contribution in [2.75, 3.05) is 6.54 Å². The fourth-order valence-electron chi connectivity index (χ4n) is 1.82. The van der Waals surface area contributed by atoms with Crippen LogP contribution in [0.3, 0.4) is 0 Å². The molecule has 1 aromatic carbocycles. The molecule has 114 valence electrons. The molecule has 0 spiro atoms. The number of aliphatic hydroxyl groups is 1. The summed E-state index contributed by atoms with van der Waals surface area (Å²) in [5.74, 6) is -0.609. The van der Waals surface area contributed by atoms with Gasteiger partial charge in [-0.05, 0) is 29.8 Å². The summed E-state index contributed by atoms with van der Waals surface area (Å²) >= 11 is 0. The first-order valence-electron chi connectivity index (χ1n) is 6.37. The van der Waals surface area contributed by atoms with E-state index in [-0.39, 0.29) is 17.8 Å². The number of hydrogen-bond donors (Lipinski definition) is 3. The van der Waals surface area contributed by atoms with Gasteiger partial charge in [0, 0.05) is 24.9 Å². The number of nitro groups is 1. The van der Waals surface area contributed by atoms with Crippen molar-refractivity contribution in [3.8, 4) is 0 Å². The molecule has 2 aromatic rings. The largest absolute Gasteiger partial charge is 0.387 e. The Kier molecular flexibility index (Phi) is 4.64. The lowest BCUT2D eigenvalue weighted by molar-refractivity contribution is -0.384. The summed E-state index contributed by atoms with van der Waals surface area (Å²) in [6.07, 6.45) is 0.373. The Bertz CT molecular complexity index is 739. The van der Waals surface area contributed by atoms with Crippen LogP contribution in [0.2, 0.25) is 0 Å². The average molecular weight is 303 g/mol. The van der Waals surface area contributed by atoms with Crippen molar-refractivity contribution in [1.29, 1.82) is 0 Å². The predicted octanol–water partition coefficient (Wildman–Crippen LogP) is 0.746. The molecule has 3 N–H and O–H groups in total. The van der Waals surface area contributed by atoms with Gasteiger partial charge in [0.15, 0.2) is 0 Å². The molecule has 0 saturated carbocycles. The van der Waals surface area contributed by atoms with Gasteiger partial charge in [0.2, 0.25) is 0 Å². The zero-order chi connectivity index (χ0) is 16.1. The van der Waals surface area contributed by atoms with Gasteiger partial charge in [-0.25, -0.2) is 0 Å². The van der Waals surface area contributed by atoms with Gasteiger partial charge in [0.1, 0.15) is 5.56 Å². The minimum atomic E-state index is -1.03. The van der Waals surface area contributed by atoms with E-state index in [2.05, 4.69) is 10.3 Å². The van der Waals surface area contributed by atoms with E-state index in [4.69, 9.17) is 0 Å². The quantitative estimate of drug-likeness (QED) is 0.555. The number of carbonyl (C=O) groups excluding carboxylic acids is 1.